The summed E-state index contributed by atoms with van der Waals surface area (Å²) in [6.45, 7) is 1.85. The molecule has 108 valence electrons. The van der Waals surface area contributed by atoms with Crippen LogP contribution in [0.1, 0.15) is 11.3 Å². The molecule has 0 radical (unpaired) electrons. The van der Waals surface area contributed by atoms with E-state index in [4.69, 9.17) is 10.5 Å². The quantitative estimate of drug-likeness (QED) is 0.479. The second-order valence-electron chi connectivity index (χ2n) is 4.41. The third-order valence-electron chi connectivity index (χ3n) is 2.68. The molecular weight excluding hydrogens is 268 g/mol. The molecule has 0 saturated heterocycles. The van der Waals surface area contributed by atoms with Gasteiger partial charge in [-0.25, -0.2) is 10.4 Å². The molecule has 21 heavy (non-hydrogen) atoms. The average Bonchev–Trinajstić information content (AvgIpc) is 2.53. The van der Waals surface area contributed by atoms with Gasteiger partial charge in [0, 0.05) is 12.1 Å². The van der Waals surface area contributed by atoms with E-state index in [1.54, 1.807) is 24.4 Å². The number of ether oxygens (including phenoxy) is 1. The fourth-order valence-electron chi connectivity index (χ4n) is 1.55. The van der Waals surface area contributed by atoms with Crippen LogP contribution in [0.5, 0.6) is 5.75 Å². The number of benzene rings is 1. The molecular formula is C15H17N4O2+. The highest BCUT2D eigenvalue weighted by Gasteiger charge is 2.06. The summed E-state index contributed by atoms with van der Waals surface area (Å²) in [6, 6.07) is 12.8. The molecule has 4 N–H and O–H groups in total. The Morgan fingerprint density at radius 2 is 2.05 bits per heavy atom. The lowest BCUT2D eigenvalue weighted by Crippen LogP contribution is -2.30. The third kappa shape index (κ3) is 4.61. The SMILES string of the molecule is Cc1ccc(OCC(=O)NN=C(N)c2cccc[nH+]2)cc1. The smallest absolute Gasteiger partial charge is 0.278 e. The number of nitrogens with zero attached hydrogens (tertiary/aromatic N) is 1. The van der Waals surface area contributed by atoms with Crippen LogP contribution in [0.3, 0.4) is 0 Å². The Morgan fingerprint density at radius 3 is 2.71 bits per heavy atom. The number of amidine groups is 1. The largest absolute Gasteiger partial charge is 0.484 e. The summed E-state index contributed by atoms with van der Waals surface area (Å²) in [6.07, 6.45) is 1.72. The molecule has 1 amide bonds. The highest BCUT2D eigenvalue weighted by Crippen LogP contribution is 2.10. The maximum Gasteiger partial charge on any atom is 0.278 e. The predicted octanol–water partition coefficient (Wildman–Crippen LogP) is 0.625. The number of hydrogen-bond donors (Lipinski definition) is 2. The number of hydrazone groups is 1. The lowest BCUT2D eigenvalue weighted by molar-refractivity contribution is -0.380. The van der Waals surface area contributed by atoms with Crippen molar-refractivity contribution < 1.29 is 14.5 Å². The highest BCUT2D eigenvalue weighted by molar-refractivity contribution is 5.95. The van der Waals surface area contributed by atoms with Gasteiger partial charge in [0.2, 0.25) is 11.5 Å². The molecule has 0 saturated carbocycles. The van der Waals surface area contributed by atoms with Crippen LogP contribution in [0.4, 0.5) is 0 Å². The van der Waals surface area contributed by atoms with Crippen molar-refractivity contribution in [3.8, 4) is 5.75 Å². The zero-order chi connectivity index (χ0) is 15.1. The fraction of sp³-hybridized carbons (Fsp3) is 0.133. The number of rotatable bonds is 5. The van der Waals surface area contributed by atoms with E-state index in [-0.39, 0.29) is 18.3 Å². The number of aryl methyl sites for hydroxylation is 1. The van der Waals surface area contributed by atoms with Gasteiger partial charge in [0.15, 0.2) is 12.8 Å². The summed E-state index contributed by atoms with van der Waals surface area (Å²) in [5, 5.41) is 3.80. The maximum absolute atomic E-state index is 11.6. The van der Waals surface area contributed by atoms with E-state index >= 15 is 0 Å². The predicted molar refractivity (Wildman–Crippen MR) is 78.5 cm³/mol. The molecule has 2 aromatic rings. The van der Waals surface area contributed by atoms with Gasteiger partial charge in [-0.3, -0.25) is 4.79 Å². The van der Waals surface area contributed by atoms with E-state index in [0.717, 1.165) is 5.56 Å². The molecule has 0 aliphatic carbocycles. The summed E-state index contributed by atoms with van der Waals surface area (Å²) < 4.78 is 5.33. The van der Waals surface area contributed by atoms with E-state index in [1.807, 2.05) is 31.2 Å². The number of amides is 1. The van der Waals surface area contributed by atoms with Crippen LogP contribution < -0.4 is 20.9 Å². The Balaban J connectivity index is 1.83. The molecule has 2 rings (SSSR count). The van der Waals surface area contributed by atoms with Crippen molar-refractivity contribution in [3.63, 3.8) is 0 Å². The van der Waals surface area contributed by atoms with Crippen molar-refractivity contribution in [2.75, 3.05) is 6.61 Å². The van der Waals surface area contributed by atoms with Gasteiger partial charge < -0.3 is 10.5 Å². The Morgan fingerprint density at radius 1 is 1.29 bits per heavy atom. The fourth-order valence-corrected chi connectivity index (χ4v) is 1.55. The van der Waals surface area contributed by atoms with Gasteiger partial charge >= 0.3 is 0 Å². The number of pyridine rings is 1. The number of nitrogens with two attached hydrogens (primary N) is 1. The van der Waals surface area contributed by atoms with Crippen LogP contribution in [0.15, 0.2) is 53.8 Å². The second-order valence-corrected chi connectivity index (χ2v) is 4.41. The van der Waals surface area contributed by atoms with Crippen LogP contribution in [-0.4, -0.2) is 18.3 Å². The van der Waals surface area contributed by atoms with Crippen molar-refractivity contribution in [1.29, 1.82) is 0 Å². The molecule has 0 fully saturated rings. The molecule has 1 aromatic carbocycles. The number of carbonyl (C=O) groups excluding carboxylic acids is 1. The first-order chi connectivity index (χ1) is 10.1. The molecule has 1 aromatic heterocycles. The molecule has 0 spiro atoms. The second kappa shape index (κ2) is 7.04. The highest BCUT2D eigenvalue weighted by atomic mass is 16.5. The summed E-state index contributed by atoms with van der Waals surface area (Å²) in [5.41, 5.74) is 9.82. The first-order valence-corrected chi connectivity index (χ1v) is 6.44. The van der Waals surface area contributed by atoms with E-state index < -0.39 is 0 Å². The van der Waals surface area contributed by atoms with Gasteiger partial charge in [0.05, 0.1) is 0 Å². The van der Waals surface area contributed by atoms with Gasteiger partial charge in [-0.2, -0.15) is 0 Å². The van der Waals surface area contributed by atoms with Crippen LogP contribution >= 0.6 is 0 Å². The summed E-state index contributed by atoms with van der Waals surface area (Å²) >= 11 is 0. The minimum atomic E-state index is -0.380. The topological polar surface area (TPSA) is 90.8 Å². The van der Waals surface area contributed by atoms with Crippen LogP contribution in [0, 0.1) is 6.92 Å². The van der Waals surface area contributed by atoms with Crippen LogP contribution in [-0.2, 0) is 4.79 Å². The number of aromatic nitrogens is 1. The van der Waals surface area contributed by atoms with E-state index in [9.17, 15) is 4.79 Å². The van der Waals surface area contributed by atoms with E-state index in [1.165, 1.54) is 0 Å². The van der Waals surface area contributed by atoms with Crippen molar-refractivity contribution in [2.24, 2.45) is 10.8 Å². The van der Waals surface area contributed by atoms with Gasteiger partial charge in [-0.05, 0) is 25.1 Å². The maximum atomic E-state index is 11.6. The normalized spacial score (nSPS) is 11.0. The van der Waals surface area contributed by atoms with Gasteiger partial charge in [0.1, 0.15) is 5.75 Å². The number of H-pyrrole nitrogens is 1. The number of nitrogens with one attached hydrogen (secondary N) is 2. The van der Waals surface area contributed by atoms with Gasteiger partial charge in [0.25, 0.3) is 5.91 Å². The number of hydrogen-bond acceptors (Lipinski definition) is 3. The minimum absolute atomic E-state index is 0.127. The van der Waals surface area contributed by atoms with Crippen molar-refractivity contribution >= 4 is 11.7 Å². The summed E-state index contributed by atoms with van der Waals surface area (Å²) in [4.78, 5) is 14.5. The zero-order valence-corrected chi connectivity index (χ0v) is 11.7. The Labute approximate surface area is 122 Å². The van der Waals surface area contributed by atoms with Crippen LogP contribution in [0.25, 0.3) is 0 Å². The minimum Gasteiger partial charge on any atom is -0.484 e. The first kappa shape index (κ1) is 14.5. The molecule has 0 aliphatic rings. The van der Waals surface area contributed by atoms with Gasteiger partial charge in [-0.1, -0.05) is 17.7 Å². The first-order valence-electron chi connectivity index (χ1n) is 6.44. The van der Waals surface area contributed by atoms with Crippen molar-refractivity contribution in [3.05, 3.63) is 59.9 Å². The zero-order valence-electron chi connectivity index (χ0n) is 11.7. The summed E-state index contributed by atoms with van der Waals surface area (Å²) in [7, 11) is 0. The van der Waals surface area contributed by atoms with E-state index in [2.05, 4.69) is 15.5 Å². The third-order valence-corrected chi connectivity index (χ3v) is 2.68. The molecule has 6 nitrogen and oxygen atoms in total. The van der Waals surface area contributed by atoms with Crippen LogP contribution in [0.2, 0.25) is 0 Å². The Hall–Kier alpha value is -2.89. The Bertz CT molecular complexity index is 624. The molecule has 1 heterocycles. The van der Waals surface area contributed by atoms with Crippen molar-refractivity contribution in [2.45, 2.75) is 6.92 Å². The molecule has 0 bridgehead atoms. The molecule has 6 heteroatoms. The Kier molecular flexibility index (Phi) is 4.87. The van der Waals surface area contributed by atoms with Crippen molar-refractivity contribution in [1.82, 2.24) is 5.43 Å². The molecule has 0 aliphatic heterocycles. The average molecular weight is 285 g/mol. The molecule has 0 unspecified atom stereocenters. The lowest BCUT2D eigenvalue weighted by atomic mass is 10.2. The monoisotopic (exact) mass is 285 g/mol. The number of aromatic amines is 1. The lowest BCUT2D eigenvalue weighted by Gasteiger charge is -2.05. The van der Waals surface area contributed by atoms with E-state index in [0.29, 0.717) is 11.4 Å². The summed E-state index contributed by atoms with van der Waals surface area (Å²) in [5.74, 6) is 0.442. The number of carbonyl (C=O) groups is 1. The van der Waals surface area contributed by atoms with Gasteiger partial charge in [-0.15, -0.1) is 5.10 Å². The molecule has 0 atom stereocenters. The standard InChI is InChI=1S/C15H16N4O2/c1-11-5-7-12(8-6-11)21-10-14(20)18-19-15(16)13-4-2-3-9-17-13/h2-9H,10H2,1H3,(H2,16,19)(H,18,20)/p+1.